The van der Waals surface area contributed by atoms with E-state index < -0.39 is 0 Å². The van der Waals surface area contributed by atoms with Crippen molar-refractivity contribution in [3.8, 4) is 0 Å². The van der Waals surface area contributed by atoms with E-state index in [-0.39, 0.29) is 5.91 Å². The number of carbonyl (C=O) groups is 1. The number of aromatic nitrogens is 2. The van der Waals surface area contributed by atoms with Crippen LogP contribution in [0, 0.1) is 11.8 Å². The molecule has 35 heavy (non-hydrogen) atoms. The Hall–Kier alpha value is -2.19. The number of carbonyl (C=O) groups excluding carboxylic acids is 1. The number of anilines is 2. The van der Waals surface area contributed by atoms with Crippen molar-refractivity contribution in [2.24, 2.45) is 11.8 Å². The Bertz CT molecular complexity index is 1300. The van der Waals surface area contributed by atoms with Crippen LogP contribution in [0.5, 0.6) is 0 Å². The zero-order chi connectivity index (χ0) is 23.9. The Morgan fingerprint density at radius 1 is 1.17 bits per heavy atom. The molecular formula is C26H27Cl2N5OS. The molecule has 1 aromatic carbocycles. The fraction of sp³-hybridized carbons (Fsp3) is 0.423. The summed E-state index contributed by atoms with van der Waals surface area (Å²) in [7, 11) is 0. The van der Waals surface area contributed by atoms with Crippen molar-refractivity contribution in [2.75, 3.05) is 31.5 Å². The van der Waals surface area contributed by atoms with E-state index in [0.717, 1.165) is 46.5 Å². The molecule has 6 rings (SSSR count). The minimum absolute atomic E-state index is 0.0910. The third-order valence-electron chi connectivity index (χ3n) is 7.44. The Balaban J connectivity index is 1.15. The number of halogens is 2. The summed E-state index contributed by atoms with van der Waals surface area (Å²) in [4.78, 5) is 28.5. The zero-order valence-corrected chi connectivity index (χ0v) is 21.7. The summed E-state index contributed by atoms with van der Waals surface area (Å²) in [5.74, 6) is 2.57. The second-order valence-electron chi connectivity index (χ2n) is 9.84. The van der Waals surface area contributed by atoms with Gasteiger partial charge in [-0.1, -0.05) is 29.3 Å². The molecule has 9 heteroatoms. The summed E-state index contributed by atoms with van der Waals surface area (Å²) >= 11 is 13.9. The highest BCUT2D eigenvalue weighted by Crippen LogP contribution is 2.39. The van der Waals surface area contributed by atoms with Crippen LogP contribution in [0.2, 0.25) is 10.0 Å². The topological polar surface area (TPSA) is 61.4 Å². The largest absolute Gasteiger partial charge is 0.340 e. The number of rotatable bonds is 5. The second-order valence-corrected chi connectivity index (χ2v) is 11.7. The predicted molar refractivity (Wildman–Crippen MR) is 143 cm³/mol. The van der Waals surface area contributed by atoms with Gasteiger partial charge in [-0.2, -0.15) is 0 Å². The molecule has 1 saturated carbocycles. The molecule has 4 heterocycles. The van der Waals surface area contributed by atoms with Crippen LogP contribution >= 0.6 is 34.5 Å². The number of hydrogen-bond acceptors (Lipinski definition) is 6. The molecule has 182 valence electrons. The second kappa shape index (κ2) is 9.69. The van der Waals surface area contributed by atoms with Gasteiger partial charge in [-0.15, -0.1) is 11.3 Å². The van der Waals surface area contributed by atoms with Crippen molar-refractivity contribution in [2.45, 2.75) is 32.2 Å². The van der Waals surface area contributed by atoms with Gasteiger partial charge in [0.1, 0.15) is 17.0 Å². The third-order valence-corrected chi connectivity index (χ3v) is 9.30. The molecule has 0 radical (unpaired) electrons. The molecule has 1 amide bonds. The quantitative estimate of drug-likeness (QED) is 0.417. The number of thiophene rings is 1. The molecule has 1 aliphatic carbocycles. The van der Waals surface area contributed by atoms with E-state index in [1.165, 1.54) is 42.8 Å². The maximum absolute atomic E-state index is 12.9. The van der Waals surface area contributed by atoms with Crippen molar-refractivity contribution in [1.29, 1.82) is 0 Å². The first kappa shape index (κ1) is 23.2. The first-order valence-corrected chi connectivity index (χ1v) is 13.8. The highest BCUT2D eigenvalue weighted by atomic mass is 35.5. The molecule has 2 unspecified atom stereocenters. The number of amides is 1. The molecule has 2 fully saturated rings. The van der Waals surface area contributed by atoms with Gasteiger partial charge < -0.3 is 10.2 Å². The number of fused-ring (bicyclic) bond motifs is 5. The summed E-state index contributed by atoms with van der Waals surface area (Å²) in [6.45, 7) is 4.55. The highest BCUT2D eigenvalue weighted by molar-refractivity contribution is 7.19. The average molecular weight is 529 g/mol. The zero-order valence-electron chi connectivity index (χ0n) is 19.3. The monoisotopic (exact) mass is 527 g/mol. The lowest BCUT2D eigenvalue weighted by molar-refractivity contribution is -0.126. The number of nitrogens with one attached hydrogen (secondary N) is 1. The van der Waals surface area contributed by atoms with Crippen molar-refractivity contribution in [1.82, 2.24) is 19.8 Å². The normalized spacial score (nSPS) is 22.2. The summed E-state index contributed by atoms with van der Waals surface area (Å²) in [6, 6.07) is 5.43. The Morgan fingerprint density at radius 3 is 2.80 bits per heavy atom. The maximum atomic E-state index is 12.9. The fourth-order valence-electron chi connectivity index (χ4n) is 5.79. The van der Waals surface area contributed by atoms with Crippen LogP contribution in [0.15, 0.2) is 36.7 Å². The molecule has 2 aromatic heterocycles. The molecule has 0 spiro atoms. The van der Waals surface area contributed by atoms with E-state index in [1.807, 2.05) is 11.0 Å². The summed E-state index contributed by atoms with van der Waals surface area (Å²) in [5, 5.41) is 5.40. The minimum atomic E-state index is 0.0910. The number of nitrogens with zero attached hydrogens (tertiary/aromatic N) is 4. The van der Waals surface area contributed by atoms with Crippen LogP contribution < -0.4 is 5.32 Å². The molecule has 2 atom stereocenters. The summed E-state index contributed by atoms with van der Waals surface area (Å²) < 4.78 is 0. The molecule has 1 saturated heterocycles. The van der Waals surface area contributed by atoms with E-state index in [9.17, 15) is 4.79 Å². The third kappa shape index (κ3) is 4.79. The van der Waals surface area contributed by atoms with Gasteiger partial charge in [0.15, 0.2) is 0 Å². The Morgan fingerprint density at radius 2 is 2.00 bits per heavy atom. The predicted octanol–water partition coefficient (Wildman–Crippen LogP) is 5.91. The molecular weight excluding hydrogens is 501 g/mol. The van der Waals surface area contributed by atoms with Crippen molar-refractivity contribution in [3.05, 3.63) is 57.2 Å². The lowest BCUT2D eigenvalue weighted by Gasteiger charge is -2.30. The maximum Gasteiger partial charge on any atom is 0.246 e. The van der Waals surface area contributed by atoms with E-state index >= 15 is 0 Å². The number of likely N-dealkylation sites (tertiary alicyclic amines) is 1. The van der Waals surface area contributed by atoms with Crippen LogP contribution in [-0.4, -0.2) is 51.9 Å². The standard InChI is InChI=1S/C26H27Cl2N5OS/c27-20-6-5-18(11-21(20)28)31-25-24-19-7-9-33(14-22(19)35-26(24)30-15-29-25)23(34)2-1-8-32-12-16-3-4-17(10-16)13-32/h1-2,5-6,11,15-17H,3-4,7-10,12-14H2,(H,29,30,31)/b2-1+. The van der Waals surface area contributed by atoms with Crippen LogP contribution in [0.3, 0.4) is 0 Å². The first-order valence-electron chi connectivity index (χ1n) is 12.2. The number of piperidine rings is 1. The first-order chi connectivity index (χ1) is 17.0. The van der Waals surface area contributed by atoms with E-state index in [2.05, 4.69) is 26.3 Å². The van der Waals surface area contributed by atoms with Gasteiger partial charge in [0.25, 0.3) is 0 Å². The summed E-state index contributed by atoms with van der Waals surface area (Å²) in [6.07, 6.45) is 10.3. The van der Waals surface area contributed by atoms with Crippen molar-refractivity contribution < 1.29 is 4.79 Å². The molecule has 1 N–H and O–H groups in total. The van der Waals surface area contributed by atoms with Gasteiger partial charge in [-0.05, 0) is 61.3 Å². The highest BCUT2D eigenvalue weighted by Gasteiger charge is 2.32. The van der Waals surface area contributed by atoms with Gasteiger partial charge >= 0.3 is 0 Å². The SMILES string of the molecule is O=C(/C=C/CN1CC2CCC(C2)C1)N1CCc2c(sc3ncnc(Nc4ccc(Cl)c(Cl)c4)c23)C1. The molecule has 3 aliphatic rings. The summed E-state index contributed by atoms with van der Waals surface area (Å²) in [5.41, 5.74) is 2.05. The van der Waals surface area contributed by atoms with Crippen LogP contribution in [0.25, 0.3) is 10.2 Å². The van der Waals surface area contributed by atoms with Crippen molar-refractivity contribution >= 4 is 62.2 Å². The Labute approximate surface area is 218 Å². The van der Waals surface area contributed by atoms with E-state index in [1.54, 1.807) is 35.9 Å². The van der Waals surface area contributed by atoms with Crippen LogP contribution in [0.1, 0.15) is 29.7 Å². The Kier molecular flexibility index (Phi) is 6.43. The van der Waals surface area contributed by atoms with Crippen LogP contribution in [0.4, 0.5) is 11.5 Å². The van der Waals surface area contributed by atoms with Gasteiger partial charge in [-0.3, -0.25) is 9.69 Å². The van der Waals surface area contributed by atoms with Gasteiger partial charge in [0, 0.05) is 42.8 Å². The van der Waals surface area contributed by atoms with Gasteiger partial charge in [-0.25, -0.2) is 9.97 Å². The van der Waals surface area contributed by atoms with Crippen molar-refractivity contribution in [3.63, 3.8) is 0 Å². The number of hydrogen-bond donors (Lipinski definition) is 1. The molecule has 6 nitrogen and oxygen atoms in total. The van der Waals surface area contributed by atoms with Gasteiger partial charge in [0.2, 0.25) is 5.91 Å². The lowest BCUT2D eigenvalue weighted by Crippen LogP contribution is -2.37. The van der Waals surface area contributed by atoms with Gasteiger partial charge in [0.05, 0.1) is 22.0 Å². The van der Waals surface area contributed by atoms with E-state index in [0.29, 0.717) is 23.1 Å². The fourth-order valence-corrected chi connectivity index (χ4v) is 7.29. The molecule has 2 aliphatic heterocycles. The average Bonchev–Trinajstić information content (AvgIpc) is 3.40. The molecule has 3 aromatic rings. The minimum Gasteiger partial charge on any atom is -0.340 e. The van der Waals surface area contributed by atoms with Crippen LogP contribution in [-0.2, 0) is 17.8 Å². The van der Waals surface area contributed by atoms with E-state index in [4.69, 9.17) is 23.2 Å². The number of benzene rings is 1. The smallest absolute Gasteiger partial charge is 0.246 e. The lowest BCUT2D eigenvalue weighted by atomic mass is 9.99. The molecule has 2 bridgehead atoms.